The Morgan fingerprint density at radius 3 is 2.24 bits per heavy atom. The van der Waals surface area contributed by atoms with Crippen molar-refractivity contribution < 1.29 is 0 Å². The average Bonchev–Trinajstić information content (AvgIpc) is 2.33. The fourth-order valence-electron chi connectivity index (χ4n) is 2.14. The normalized spacial score (nSPS) is 11.8. The van der Waals surface area contributed by atoms with Crippen LogP contribution < -0.4 is 5.73 Å². The van der Waals surface area contributed by atoms with Gasteiger partial charge < -0.3 is 5.73 Å². The first-order valence-electron chi connectivity index (χ1n) is 6.31. The van der Waals surface area contributed by atoms with Crippen LogP contribution in [0.15, 0.2) is 29.2 Å². The van der Waals surface area contributed by atoms with Crippen LogP contribution in [0.3, 0.4) is 0 Å². The molecule has 0 unspecified atom stereocenters. The van der Waals surface area contributed by atoms with Gasteiger partial charge in [0, 0.05) is 16.2 Å². The zero-order valence-electron chi connectivity index (χ0n) is 10.7. The summed E-state index contributed by atoms with van der Waals surface area (Å²) in [5.74, 6) is 0. The van der Waals surface area contributed by atoms with Crippen molar-refractivity contribution in [3.63, 3.8) is 0 Å². The molecule has 0 spiro atoms. The zero-order chi connectivity index (χ0) is 12.7. The van der Waals surface area contributed by atoms with Crippen molar-refractivity contribution >= 4 is 23.4 Å². The number of hydrogen-bond acceptors (Lipinski definition) is 2. The van der Waals surface area contributed by atoms with Crippen LogP contribution in [0.1, 0.15) is 39.5 Å². The number of hydrogen-bond donors (Lipinski definition) is 1. The van der Waals surface area contributed by atoms with Crippen molar-refractivity contribution in [1.82, 2.24) is 0 Å². The average molecular weight is 272 g/mol. The SMILES string of the molecule is CCCC(CN)(CCC)Sc1ccccc1Cl. The van der Waals surface area contributed by atoms with Gasteiger partial charge in [-0.25, -0.2) is 0 Å². The predicted molar refractivity (Wildman–Crippen MR) is 78.9 cm³/mol. The highest BCUT2D eigenvalue weighted by atomic mass is 35.5. The first-order valence-corrected chi connectivity index (χ1v) is 7.50. The van der Waals surface area contributed by atoms with Gasteiger partial charge in [0.25, 0.3) is 0 Å². The van der Waals surface area contributed by atoms with E-state index in [9.17, 15) is 0 Å². The van der Waals surface area contributed by atoms with E-state index in [0.29, 0.717) is 6.54 Å². The highest BCUT2D eigenvalue weighted by molar-refractivity contribution is 8.00. The van der Waals surface area contributed by atoms with E-state index < -0.39 is 0 Å². The summed E-state index contributed by atoms with van der Waals surface area (Å²) in [6.07, 6.45) is 4.61. The molecular weight excluding hydrogens is 250 g/mol. The van der Waals surface area contributed by atoms with Gasteiger partial charge in [0.1, 0.15) is 0 Å². The Kier molecular flexibility index (Phi) is 6.39. The molecule has 3 heteroatoms. The molecule has 96 valence electrons. The Balaban J connectivity index is 2.88. The second-order valence-corrected chi connectivity index (χ2v) is 6.34. The number of benzene rings is 1. The van der Waals surface area contributed by atoms with Crippen molar-refractivity contribution in [3.05, 3.63) is 29.3 Å². The molecule has 0 amide bonds. The van der Waals surface area contributed by atoms with E-state index in [1.54, 1.807) is 0 Å². The Bertz CT molecular complexity index is 335. The maximum absolute atomic E-state index is 6.23. The lowest BCUT2D eigenvalue weighted by Gasteiger charge is -2.31. The van der Waals surface area contributed by atoms with Crippen molar-refractivity contribution in [2.45, 2.75) is 49.2 Å². The van der Waals surface area contributed by atoms with Crippen molar-refractivity contribution in [2.24, 2.45) is 5.73 Å². The molecule has 0 atom stereocenters. The molecule has 1 aromatic carbocycles. The van der Waals surface area contributed by atoms with E-state index in [1.165, 1.54) is 0 Å². The standard InChI is InChI=1S/C14H22ClNS/c1-3-9-14(11-16,10-4-2)17-13-8-6-5-7-12(13)15/h5-8H,3-4,9-11,16H2,1-2H3. The largest absolute Gasteiger partial charge is 0.329 e. The molecule has 2 N–H and O–H groups in total. The van der Waals surface area contributed by atoms with E-state index >= 15 is 0 Å². The van der Waals surface area contributed by atoms with Crippen LogP contribution in [0.2, 0.25) is 5.02 Å². The van der Waals surface area contributed by atoms with E-state index in [1.807, 2.05) is 30.0 Å². The quantitative estimate of drug-likeness (QED) is 0.726. The van der Waals surface area contributed by atoms with Gasteiger partial charge in [-0.15, -0.1) is 11.8 Å². The molecule has 1 rings (SSSR count). The topological polar surface area (TPSA) is 26.0 Å². The number of nitrogens with two attached hydrogens (primary N) is 1. The molecule has 0 fully saturated rings. The summed E-state index contributed by atoms with van der Waals surface area (Å²) in [7, 11) is 0. The van der Waals surface area contributed by atoms with Gasteiger partial charge in [-0.05, 0) is 25.0 Å². The highest BCUT2D eigenvalue weighted by Crippen LogP contribution is 2.42. The molecule has 17 heavy (non-hydrogen) atoms. The number of halogens is 1. The maximum atomic E-state index is 6.23. The summed E-state index contributed by atoms with van der Waals surface area (Å²) >= 11 is 8.08. The smallest absolute Gasteiger partial charge is 0.0542 e. The maximum Gasteiger partial charge on any atom is 0.0542 e. The van der Waals surface area contributed by atoms with E-state index in [4.69, 9.17) is 17.3 Å². The van der Waals surface area contributed by atoms with Crippen molar-refractivity contribution in [2.75, 3.05) is 6.54 Å². The van der Waals surface area contributed by atoms with Crippen LogP contribution in [0.5, 0.6) is 0 Å². The molecule has 0 bridgehead atoms. The molecule has 0 radical (unpaired) electrons. The fraction of sp³-hybridized carbons (Fsp3) is 0.571. The zero-order valence-corrected chi connectivity index (χ0v) is 12.3. The van der Waals surface area contributed by atoms with Gasteiger partial charge in [0.05, 0.1) is 5.02 Å². The first kappa shape index (κ1) is 14.9. The van der Waals surface area contributed by atoms with Crippen LogP contribution in [0.4, 0.5) is 0 Å². The van der Waals surface area contributed by atoms with Crippen LogP contribution in [-0.4, -0.2) is 11.3 Å². The Hall–Kier alpha value is -0.180. The number of rotatable bonds is 7. The van der Waals surface area contributed by atoms with Gasteiger partial charge in [0.2, 0.25) is 0 Å². The molecule has 0 saturated heterocycles. The van der Waals surface area contributed by atoms with E-state index in [0.717, 1.165) is 35.6 Å². The van der Waals surface area contributed by atoms with Crippen LogP contribution in [-0.2, 0) is 0 Å². The van der Waals surface area contributed by atoms with Crippen LogP contribution in [0, 0.1) is 0 Å². The molecule has 0 aliphatic carbocycles. The predicted octanol–water partition coefficient (Wildman–Crippen LogP) is 4.73. The Morgan fingerprint density at radius 1 is 1.18 bits per heavy atom. The van der Waals surface area contributed by atoms with Gasteiger partial charge in [-0.2, -0.15) is 0 Å². The van der Waals surface area contributed by atoms with E-state index in [-0.39, 0.29) is 4.75 Å². The van der Waals surface area contributed by atoms with Crippen LogP contribution >= 0.6 is 23.4 Å². The fourth-order valence-corrected chi connectivity index (χ4v) is 3.87. The van der Waals surface area contributed by atoms with E-state index in [2.05, 4.69) is 19.9 Å². The molecule has 0 aromatic heterocycles. The third kappa shape index (κ3) is 4.20. The van der Waals surface area contributed by atoms with Gasteiger partial charge in [-0.1, -0.05) is 50.4 Å². The van der Waals surface area contributed by atoms with Gasteiger partial charge in [0.15, 0.2) is 0 Å². The molecule has 1 nitrogen and oxygen atoms in total. The summed E-state index contributed by atoms with van der Waals surface area (Å²) in [5.41, 5.74) is 6.01. The number of thioether (sulfide) groups is 1. The van der Waals surface area contributed by atoms with Gasteiger partial charge in [-0.3, -0.25) is 0 Å². The monoisotopic (exact) mass is 271 g/mol. The minimum atomic E-state index is 0.147. The second kappa shape index (κ2) is 7.30. The molecular formula is C14H22ClNS. The second-order valence-electron chi connectivity index (χ2n) is 4.42. The molecule has 0 aliphatic rings. The lowest BCUT2D eigenvalue weighted by Crippen LogP contribution is -2.34. The molecule has 0 aliphatic heterocycles. The summed E-state index contributed by atoms with van der Waals surface area (Å²) in [6, 6.07) is 8.04. The lowest BCUT2D eigenvalue weighted by atomic mass is 9.97. The highest BCUT2D eigenvalue weighted by Gasteiger charge is 2.28. The first-order chi connectivity index (χ1) is 8.17. The molecule has 0 heterocycles. The Labute approximate surface area is 114 Å². The third-order valence-corrected chi connectivity index (χ3v) is 4.97. The summed E-state index contributed by atoms with van der Waals surface area (Å²) in [5, 5.41) is 0.836. The van der Waals surface area contributed by atoms with Crippen LogP contribution in [0.25, 0.3) is 0 Å². The summed E-state index contributed by atoms with van der Waals surface area (Å²) in [6.45, 7) is 5.14. The van der Waals surface area contributed by atoms with Gasteiger partial charge >= 0.3 is 0 Å². The minimum absolute atomic E-state index is 0.147. The molecule has 0 saturated carbocycles. The molecule has 1 aromatic rings. The van der Waals surface area contributed by atoms with Crippen molar-refractivity contribution in [3.8, 4) is 0 Å². The Morgan fingerprint density at radius 2 is 1.76 bits per heavy atom. The summed E-state index contributed by atoms with van der Waals surface area (Å²) < 4.78 is 0.147. The summed E-state index contributed by atoms with van der Waals surface area (Å²) in [4.78, 5) is 1.15. The lowest BCUT2D eigenvalue weighted by molar-refractivity contribution is 0.498. The third-order valence-electron chi connectivity index (χ3n) is 2.95. The van der Waals surface area contributed by atoms with Crippen molar-refractivity contribution in [1.29, 1.82) is 0 Å². The minimum Gasteiger partial charge on any atom is -0.329 e.